The maximum Gasteiger partial charge on any atom is 0.322 e. The molecular weight excluding hydrogens is 442 g/mol. The van der Waals surface area contributed by atoms with E-state index in [9.17, 15) is 9.59 Å². The number of aryl methyl sites for hydroxylation is 1. The van der Waals surface area contributed by atoms with Crippen molar-refractivity contribution in [1.29, 1.82) is 0 Å². The average molecular weight is 478 g/mol. The Morgan fingerprint density at radius 3 is 2.60 bits per heavy atom. The summed E-state index contributed by atoms with van der Waals surface area (Å²) in [5.41, 5.74) is 2.63. The zero-order chi connectivity index (χ0) is 24.9. The van der Waals surface area contributed by atoms with Crippen LogP contribution >= 0.6 is 0 Å². The number of ether oxygens (including phenoxy) is 1. The van der Waals surface area contributed by atoms with E-state index < -0.39 is 0 Å². The molecule has 186 valence electrons. The molecule has 8 nitrogen and oxygen atoms in total. The number of aromatic nitrogens is 2. The summed E-state index contributed by atoms with van der Waals surface area (Å²) in [4.78, 5) is 35.5. The molecule has 1 aliphatic rings. The zero-order valence-corrected chi connectivity index (χ0v) is 21.0. The third-order valence-corrected chi connectivity index (χ3v) is 6.76. The molecule has 1 N–H and O–H groups in total. The summed E-state index contributed by atoms with van der Waals surface area (Å²) in [6, 6.07) is 15.2. The Kier molecular flexibility index (Phi) is 7.83. The second-order valence-corrected chi connectivity index (χ2v) is 9.19. The topological polar surface area (TPSA) is 79.7 Å². The SMILES string of the molecule is CCC(c1nc2ccccc2c(=O)n1CCOC)N1CCN(C(=O)Nc2ccc(C)cc2)C(C)C1. The van der Waals surface area contributed by atoms with Gasteiger partial charge in [-0.2, -0.15) is 0 Å². The van der Waals surface area contributed by atoms with Crippen LogP contribution in [0.1, 0.15) is 37.7 Å². The average Bonchev–Trinajstić information content (AvgIpc) is 2.86. The van der Waals surface area contributed by atoms with Crippen molar-refractivity contribution < 1.29 is 9.53 Å². The molecule has 8 heteroatoms. The zero-order valence-electron chi connectivity index (χ0n) is 21.0. The van der Waals surface area contributed by atoms with E-state index in [1.807, 2.05) is 60.4 Å². The van der Waals surface area contributed by atoms with E-state index in [0.717, 1.165) is 23.5 Å². The Balaban J connectivity index is 1.55. The summed E-state index contributed by atoms with van der Waals surface area (Å²) in [5, 5.41) is 3.63. The number of piperazine rings is 1. The predicted octanol–water partition coefficient (Wildman–Crippen LogP) is 4.04. The number of nitrogens with one attached hydrogen (secondary N) is 1. The minimum atomic E-state index is -0.0881. The number of carbonyl (C=O) groups excluding carboxylic acids is 1. The van der Waals surface area contributed by atoms with Gasteiger partial charge in [-0.1, -0.05) is 36.8 Å². The van der Waals surface area contributed by atoms with E-state index in [1.54, 1.807) is 11.7 Å². The van der Waals surface area contributed by atoms with Crippen LogP contribution < -0.4 is 10.9 Å². The van der Waals surface area contributed by atoms with E-state index in [1.165, 1.54) is 0 Å². The fourth-order valence-electron chi connectivity index (χ4n) is 4.85. The molecule has 2 amide bonds. The van der Waals surface area contributed by atoms with Crippen LogP contribution in [0.3, 0.4) is 0 Å². The number of hydrogen-bond donors (Lipinski definition) is 1. The van der Waals surface area contributed by atoms with Gasteiger partial charge in [0.05, 0.1) is 30.1 Å². The Hall–Kier alpha value is -3.23. The van der Waals surface area contributed by atoms with Crippen LogP contribution in [0.15, 0.2) is 53.3 Å². The van der Waals surface area contributed by atoms with Gasteiger partial charge in [0.2, 0.25) is 0 Å². The predicted molar refractivity (Wildman–Crippen MR) is 139 cm³/mol. The highest BCUT2D eigenvalue weighted by atomic mass is 16.5. The number of carbonyl (C=O) groups is 1. The largest absolute Gasteiger partial charge is 0.383 e. The first-order valence-corrected chi connectivity index (χ1v) is 12.3. The molecule has 2 unspecified atom stereocenters. The van der Waals surface area contributed by atoms with Crippen LogP contribution in [0.5, 0.6) is 0 Å². The van der Waals surface area contributed by atoms with E-state index in [2.05, 4.69) is 24.1 Å². The van der Waals surface area contributed by atoms with Crippen LogP contribution in [-0.4, -0.2) is 64.8 Å². The lowest BCUT2D eigenvalue weighted by atomic mass is 10.1. The normalized spacial score (nSPS) is 17.5. The van der Waals surface area contributed by atoms with Crippen molar-refractivity contribution in [1.82, 2.24) is 19.4 Å². The maximum absolute atomic E-state index is 13.3. The molecule has 0 radical (unpaired) electrons. The summed E-state index contributed by atoms with van der Waals surface area (Å²) in [5.74, 6) is 0.762. The molecular formula is C27H35N5O3. The highest BCUT2D eigenvalue weighted by molar-refractivity contribution is 5.89. The van der Waals surface area contributed by atoms with Gasteiger partial charge in [-0.3, -0.25) is 14.3 Å². The molecule has 2 heterocycles. The standard InChI is InChI=1S/C27H35N5O3/c1-5-24(25-29-23-9-7-6-8-22(23)26(33)32(25)16-17-35-4)30-14-15-31(20(3)18-30)27(34)28-21-12-10-19(2)11-13-21/h6-13,20,24H,5,14-18H2,1-4H3,(H,28,34). The van der Waals surface area contributed by atoms with Crippen LogP contribution in [0.2, 0.25) is 0 Å². The summed E-state index contributed by atoms with van der Waals surface area (Å²) in [6.07, 6.45) is 0.806. The van der Waals surface area contributed by atoms with Gasteiger partial charge in [0.25, 0.3) is 5.56 Å². The molecule has 1 aliphatic heterocycles. The molecule has 0 spiro atoms. The second kappa shape index (κ2) is 11.0. The first kappa shape index (κ1) is 24.9. The molecule has 2 atom stereocenters. The minimum Gasteiger partial charge on any atom is -0.383 e. The molecule has 0 aliphatic carbocycles. The second-order valence-electron chi connectivity index (χ2n) is 9.19. The Labute approximate surface area is 206 Å². The highest BCUT2D eigenvalue weighted by Crippen LogP contribution is 2.27. The fourth-order valence-corrected chi connectivity index (χ4v) is 4.85. The Bertz CT molecular complexity index is 1220. The summed E-state index contributed by atoms with van der Waals surface area (Å²) < 4.78 is 7.05. The highest BCUT2D eigenvalue weighted by Gasteiger charge is 2.33. The number of rotatable bonds is 7. The van der Waals surface area contributed by atoms with E-state index in [4.69, 9.17) is 9.72 Å². The number of hydrogen-bond acceptors (Lipinski definition) is 5. The number of para-hydroxylation sites is 1. The molecule has 0 bridgehead atoms. The molecule has 1 saturated heterocycles. The van der Waals surface area contributed by atoms with Gasteiger partial charge in [0.1, 0.15) is 5.82 Å². The monoisotopic (exact) mass is 477 g/mol. The van der Waals surface area contributed by atoms with Gasteiger partial charge in [-0.15, -0.1) is 0 Å². The van der Waals surface area contributed by atoms with Gasteiger partial charge in [0, 0.05) is 38.5 Å². The third-order valence-electron chi connectivity index (χ3n) is 6.76. The Morgan fingerprint density at radius 2 is 1.91 bits per heavy atom. The van der Waals surface area contributed by atoms with Crippen LogP contribution in [0.4, 0.5) is 10.5 Å². The van der Waals surface area contributed by atoms with Crippen molar-refractivity contribution in [2.24, 2.45) is 0 Å². The van der Waals surface area contributed by atoms with Crippen molar-refractivity contribution >= 4 is 22.6 Å². The molecule has 3 aromatic rings. The minimum absolute atomic E-state index is 0.0165. The molecule has 35 heavy (non-hydrogen) atoms. The van der Waals surface area contributed by atoms with Crippen molar-refractivity contribution in [3.8, 4) is 0 Å². The van der Waals surface area contributed by atoms with Crippen molar-refractivity contribution in [2.45, 2.75) is 45.8 Å². The van der Waals surface area contributed by atoms with Gasteiger partial charge in [0.15, 0.2) is 0 Å². The van der Waals surface area contributed by atoms with Crippen molar-refractivity contribution in [3.05, 3.63) is 70.3 Å². The first-order chi connectivity index (χ1) is 16.9. The first-order valence-electron chi connectivity index (χ1n) is 12.3. The van der Waals surface area contributed by atoms with E-state index >= 15 is 0 Å². The smallest absolute Gasteiger partial charge is 0.322 e. The van der Waals surface area contributed by atoms with Crippen LogP contribution in [0.25, 0.3) is 10.9 Å². The van der Waals surface area contributed by atoms with Gasteiger partial charge < -0.3 is 15.0 Å². The number of anilines is 1. The van der Waals surface area contributed by atoms with E-state index in [0.29, 0.717) is 43.7 Å². The number of fused-ring (bicyclic) bond motifs is 1. The van der Waals surface area contributed by atoms with Gasteiger partial charge in [-0.25, -0.2) is 9.78 Å². The lowest BCUT2D eigenvalue weighted by Gasteiger charge is -2.43. The van der Waals surface area contributed by atoms with Crippen molar-refractivity contribution in [3.63, 3.8) is 0 Å². The molecule has 2 aromatic carbocycles. The number of nitrogens with zero attached hydrogens (tertiary/aromatic N) is 4. The molecule has 4 rings (SSSR count). The van der Waals surface area contributed by atoms with E-state index in [-0.39, 0.29) is 23.7 Å². The third kappa shape index (κ3) is 5.39. The van der Waals surface area contributed by atoms with Crippen LogP contribution in [-0.2, 0) is 11.3 Å². The molecule has 1 fully saturated rings. The summed E-state index contributed by atoms with van der Waals surface area (Å²) in [6.45, 7) is 9.11. The number of benzene rings is 2. The molecule has 1 aromatic heterocycles. The van der Waals surface area contributed by atoms with Gasteiger partial charge >= 0.3 is 6.03 Å². The quantitative estimate of drug-likeness (QED) is 0.556. The maximum atomic E-state index is 13.3. The Morgan fingerprint density at radius 1 is 1.17 bits per heavy atom. The molecule has 0 saturated carbocycles. The number of amides is 2. The number of methoxy groups -OCH3 is 1. The van der Waals surface area contributed by atoms with Gasteiger partial charge in [-0.05, 0) is 44.5 Å². The fraction of sp³-hybridized carbons (Fsp3) is 0.444. The lowest BCUT2D eigenvalue weighted by molar-refractivity contribution is 0.0709. The van der Waals surface area contributed by atoms with Crippen LogP contribution in [0, 0.1) is 6.92 Å². The van der Waals surface area contributed by atoms with Crippen molar-refractivity contribution in [2.75, 3.05) is 38.7 Å². The lowest BCUT2D eigenvalue weighted by Crippen LogP contribution is -2.56. The summed E-state index contributed by atoms with van der Waals surface area (Å²) in [7, 11) is 1.64. The number of urea groups is 1. The summed E-state index contributed by atoms with van der Waals surface area (Å²) >= 11 is 0.